The van der Waals surface area contributed by atoms with Gasteiger partial charge in [0.05, 0.1) is 0 Å². The third-order valence-corrected chi connectivity index (χ3v) is 6.37. The highest BCUT2D eigenvalue weighted by atomic mass is 28.4. The van der Waals surface area contributed by atoms with Gasteiger partial charge in [-0.25, -0.2) is 0 Å². The molecule has 0 spiro atoms. The zero-order chi connectivity index (χ0) is 11.9. The van der Waals surface area contributed by atoms with Crippen LogP contribution >= 0.6 is 0 Å². The van der Waals surface area contributed by atoms with Gasteiger partial charge in [-0.1, -0.05) is 33.6 Å². The first-order valence-electron chi connectivity index (χ1n) is 5.74. The van der Waals surface area contributed by atoms with Crippen LogP contribution in [0.3, 0.4) is 0 Å². The Morgan fingerprint density at radius 1 is 0.933 bits per heavy atom. The van der Waals surface area contributed by atoms with Gasteiger partial charge in [0.15, 0.2) is 0 Å². The van der Waals surface area contributed by atoms with Crippen LogP contribution in [0.4, 0.5) is 0 Å². The highest BCUT2D eigenvalue weighted by Gasteiger charge is 2.40. The zero-order valence-corrected chi connectivity index (χ0v) is 12.0. The van der Waals surface area contributed by atoms with Crippen LogP contribution in [0.1, 0.15) is 33.6 Å². The Balaban J connectivity index is 4.39. The molecule has 3 nitrogen and oxygen atoms in total. The van der Waals surface area contributed by atoms with Crippen LogP contribution in [0.5, 0.6) is 0 Å². The fourth-order valence-electron chi connectivity index (χ4n) is 2.15. The molecule has 0 saturated heterocycles. The fraction of sp³-hybridized carbons (Fsp3) is 1.00. The molecule has 0 aliphatic rings. The predicted octanol–water partition coefficient (Wildman–Crippen LogP) is 2.94. The van der Waals surface area contributed by atoms with Crippen LogP contribution in [0.2, 0.25) is 6.04 Å². The topological polar surface area (TPSA) is 27.7 Å². The highest BCUT2D eigenvalue weighted by Crippen LogP contribution is 2.28. The van der Waals surface area contributed by atoms with Gasteiger partial charge < -0.3 is 13.3 Å². The minimum absolute atomic E-state index is 0.589. The van der Waals surface area contributed by atoms with E-state index >= 15 is 0 Å². The molecular weight excluding hydrogens is 208 g/mol. The molecule has 0 aromatic heterocycles. The summed E-state index contributed by atoms with van der Waals surface area (Å²) in [4.78, 5) is 0. The van der Waals surface area contributed by atoms with Crippen LogP contribution in [0.25, 0.3) is 0 Å². The zero-order valence-electron chi connectivity index (χ0n) is 11.0. The van der Waals surface area contributed by atoms with Crippen molar-refractivity contribution in [2.75, 3.05) is 21.3 Å². The summed E-state index contributed by atoms with van der Waals surface area (Å²) in [5.41, 5.74) is 0. The molecule has 92 valence electrons. The molecule has 0 fully saturated rings. The van der Waals surface area contributed by atoms with Crippen molar-refractivity contribution in [3.8, 4) is 0 Å². The molecule has 0 aromatic carbocycles. The average molecular weight is 234 g/mol. The van der Waals surface area contributed by atoms with Crippen LogP contribution in [-0.4, -0.2) is 30.1 Å². The molecule has 0 heterocycles. The molecule has 0 radical (unpaired) electrons. The summed E-state index contributed by atoms with van der Waals surface area (Å²) in [7, 11) is 2.66. The van der Waals surface area contributed by atoms with Gasteiger partial charge in [0.25, 0.3) is 0 Å². The van der Waals surface area contributed by atoms with E-state index in [2.05, 4.69) is 20.8 Å². The highest BCUT2D eigenvalue weighted by molar-refractivity contribution is 6.60. The second-order valence-electron chi connectivity index (χ2n) is 4.05. The molecule has 0 aliphatic carbocycles. The maximum atomic E-state index is 5.44. The molecule has 0 aliphatic heterocycles. The van der Waals surface area contributed by atoms with Gasteiger partial charge in [0.2, 0.25) is 0 Å². The van der Waals surface area contributed by atoms with Crippen LogP contribution < -0.4 is 0 Å². The van der Waals surface area contributed by atoms with E-state index in [0.29, 0.717) is 5.92 Å². The number of hydrogen-bond acceptors (Lipinski definition) is 3. The largest absolute Gasteiger partial charge is 0.500 e. The van der Waals surface area contributed by atoms with Gasteiger partial charge in [0, 0.05) is 27.4 Å². The predicted molar refractivity (Wildman–Crippen MR) is 64.8 cm³/mol. The van der Waals surface area contributed by atoms with Gasteiger partial charge in [-0.15, -0.1) is 0 Å². The maximum absolute atomic E-state index is 5.44. The average Bonchev–Trinajstić information content (AvgIpc) is 2.28. The number of hydrogen-bond donors (Lipinski definition) is 0. The normalized spacial score (nSPS) is 14.6. The number of rotatable bonds is 8. The molecular formula is C11H26O3Si. The Kier molecular flexibility index (Phi) is 7.43. The van der Waals surface area contributed by atoms with E-state index in [1.807, 2.05) is 0 Å². The summed E-state index contributed by atoms with van der Waals surface area (Å²) in [5, 5.41) is 0. The minimum Gasteiger partial charge on any atom is -0.377 e. The molecule has 0 bridgehead atoms. The van der Waals surface area contributed by atoms with Gasteiger partial charge in [-0.2, -0.15) is 0 Å². The molecule has 15 heavy (non-hydrogen) atoms. The van der Waals surface area contributed by atoms with Gasteiger partial charge in [-0.05, 0) is 11.8 Å². The van der Waals surface area contributed by atoms with Crippen molar-refractivity contribution < 1.29 is 13.3 Å². The molecule has 0 saturated carbocycles. The molecule has 0 aromatic rings. The lowest BCUT2D eigenvalue weighted by molar-refractivity contribution is 0.114. The van der Waals surface area contributed by atoms with E-state index in [-0.39, 0.29) is 0 Å². The second-order valence-corrected chi connectivity index (χ2v) is 7.05. The first kappa shape index (κ1) is 15.1. The lowest BCUT2D eigenvalue weighted by atomic mass is 9.91. The van der Waals surface area contributed by atoms with E-state index in [1.165, 1.54) is 12.8 Å². The van der Waals surface area contributed by atoms with E-state index in [1.54, 1.807) is 21.3 Å². The van der Waals surface area contributed by atoms with Crippen molar-refractivity contribution in [3.63, 3.8) is 0 Å². The maximum Gasteiger partial charge on any atom is 0.500 e. The minimum atomic E-state index is -2.38. The van der Waals surface area contributed by atoms with E-state index < -0.39 is 8.80 Å². The van der Waals surface area contributed by atoms with Crippen LogP contribution in [-0.2, 0) is 13.3 Å². The quantitative estimate of drug-likeness (QED) is 0.604. The van der Waals surface area contributed by atoms with E-state index in [0.717, 1.165) is 12.0 Å². The van der Waals surface area contributed by atoms with Crippen molar-refractivity contribution in [1.29, 1.82) is 0 Å². The van der Waals surface area contributed by atoms with Crippen molar-refractivity contribution in [3.05, 3.63) is 0 Å². The van der Waals surface area contributed by atoms with E-state index in [4.69, 9.17) is 13.3 Å². The first-order valence-corrected chi connectivity index (χ1v) is 7.67. The summed E-state index contributed by atoms with van der Waals surface area (Å²) in [6.45, 7) is 6.73. The lowest BCUT2D eigenvalue weighted by Gasteiger charge is -2.30. The SMILES string of the molecule is CCC(CC)C(C)C[Si](OC)(OC)OC. The molecule has 0 amide bonds. The summed E-state index contributed by atoms with van der Waals surface area (Å²) in [6.07, 6.45) is 2.42. The third kappa shape index (κ3) is 4.22. The van der Waals surface area contributed by atoms with Crippen molar-refractivity contribution in [2.24, 2.45) is 11.8 Å². The Labute approximate surface area is 95.5 Å². The summed E-state index contributed by atoms with van der Waals surface area (Å²) in [6, 6.07) is 0.906. The molecule has 4 heteroatoms. The Bertz CT molecular complexity index is 148. The Hall–Kier alpha value is 0.0969. The summed E-state index contributed by atoms with van der Waals surface area (Å²) >= 11 is 0. The second kappa shape index (κ2) is 7.38. The van der Waals surface area contributed by atoms with Crippen LogP contribution in [0, 0.1) is 11.8 Å². The Morgan fingerprint density at radius 2 is 1.33 bits per heavy atom. The van der Waals surface area contributed by atoms with Crippen molar-refractivity contribution >= 4 is 8.80 Å². The van der Waals surface area contributed by atoms with Crippen molar-refractivity contribution in [2.45, 2.75) is 39.7 Å². The van der Waals surface area contributed by atoms with Crippen molar-refractivity contribution in [1.82, 2.24) is 0 Å². The van der Waals surface area contributed by atoms with Gasteiger partial charge in [-0.3, -0.25) is 0 Å². The molecule has 1 unspecified atom stereocenters. The summed E-state index contributed by atoms with van der Waals surface area (Å²) in [5.74, 6) is 1.32. The van der Waals surface area contributed by atoms with Gasteiger partial charge >= 0.3 is 8.80 Å². The molecule has 0 N–H and O–H groups in total. The lowest BCUT2D eigenvalue weighted by Crippen LogP contribution is -2.44. The Morgan fingerprint density at radius 3 is 1.60 bits per heavy atom. The first-order chi connectivity index (χ1) is 7.09. The molecule has 1 atom stereocenters. The molecule has 0 rings (SSSR count). The van der Waals surface area contributed by atoms with Crippen LogP contribution in [0.15, 0.2) is 0 Å². The monoisotopic (exact) mass is 234 g/mol. The summed E-state index contributed by atoms with van der Waals surface area (Å²) < 4.78 is 16.3. The third-order valence-electron chi connectivity index (χ3n) is 3.36. The smallest absolute Gasteiger partial charge is 0.377 e. The standard InChI is InChI=1S/C11H26O3Si/c1-7-11(8-2)10(3)9-15(12-4,13-5)14-6/h10-11H,7-9H2,1-6H3. The van der Waals surface area contributed by atoms with Gasteiger partial charge in [0.1, 0.15) is 0 Å². The van der Waals surface area contributed by atoms with E-state index in [9.17, 15) is 0 Å². The fourth-order valence-corrected chi connectivity index (χ4v) is 4.28.